The van der Waals surface area contributed by atoms with Gasteiger partial charge in [-0.25, -0.2) is 4.98 Å². The molecule has 0 unspecified atom stereocenters. The molecule has 3 heterocycles. The van der Waals surface area contributed by atoms with Gasteiger partial charge in [0.2, 0.25) is 4.77 Å². The molecular formula is C17H13N5O2S. The molecular weight excluding hydrogens is 338 g/mol. The number of Topliss-reactive ketones (excluding diaryl/α,β-unsaturated/α-hetero) is 2. The van der Waals surface area contributed by atoms with Gasteiger partial charge in [0.05, 0.1) is 24.2 Å². The van der Waals surface area contributed by atoms with Gasteiger partial charge in [-0.05, 0) is 36.5 Å². The van der Waals surface area contributed by atoms with Gasteiger partial charge in [0.1, 0.15) is 11.4 Å². The second-order valence-corrected chi connectivity index (χ2v) is 5.55. The molecule has 0 spiro atoms. The molecule has 3 aromatic heterocycles. The maximum absolute atomic E-state index is 12.4. The number of ketones is 2. The monoisotopic (exact) mass is 351 g/mol. The second kappa shape index (κ2) is 7.63. The number of nitrogens with zero attached hydrogens (tertiary/aromatic N) is 4. The normalized spacial score (nSPS) is 10.4. The Bertz CT molecular complexity index is 958. The van der Waals surface area contributed by atoms with Crippen LogP contribution in [0.5, 0.6) is 0 Å². The first-order valence-corrected chi connectivity index (χ1v) is 7.87. The van der Waals surface area contributed by atoms with Gasteiger partial charge in [-0.2, -0.15) is 5.10 Å². The van der Waals surface area contributed by atoms with Crippen molar-refractivity contribution < 1.29 is 9.59 Å². The van der Waals surface area contributed by atoms with Crippen LogP contribution < -0.4 is 0 Å². The zero-order chi connectivity index (χ0) is 17.6. The topological polar surface area (TPSA) is 101 Å². The Hall–Kier alpha value is -3.13. The third kappa shape index (κ3) is 4.24. The molecule has 0 saturated heterocycles. The molecule has 0 saturated carbocycles. The molecule has 0 aliphatic heterocycles. The molecule has 3 rings (SSSR count). The van der Waals surface area contributed by atoms with Crippen molar-refractivity contribution in [2.75, 3.05) is 0 Å². The van der Waals surface area contributed by atoms with E-state index in [1.807, 2.05) is 0 Å². The molecule has 0 atom stereocenters. The molecule has 0 amide bonds. The van der Waals surface area contributed by atoms with Gasteiger partial charge >= 0.3 is 0 Å². The van der Waals surface area contributed by atoms with Crippen molar-refractivity contribution in [1.82, 2.24) is 25.1 Å². The summed E-state index contributed by atoms with van der Waals surface area (Å²) in [6.07, 6.45) is 3.03. The molecule has 7 nitrogen and oxygen atoms in total. The zero-order valence-electron chi connectivity index (χ0n) is 13.0. The Morgan fingerprint density at radius 2 is 1.44 bits per heavy atom. The van der Waals surface area contributed by atoms with Gasteiger partial charge in [0.15, 0.2) is 11.6 Å². The largest absolute Gasteiger partial charge is 0.292 e. The number of rotatable bonds is 6. The highest BCUT2D eigenvalue weighted by Gasteiger charge is 2.17. The van der Waals surface area contributed by atoms with Crippen LogP contribution in [0.4, 0.5) is 0 Å². The highest BCUT2D eigenvalue weighted by Crippen LogP contribution is 2.10. The number of pyridine rings is 2. The van der Waals surface area contributed by atoms with E-state index in [-0.39, 0.29) is 29.2 Å². The Morgan fingerprint density at radius 1 is 0.880 bits per heavy atom. The quantitative estimate of drug-likeness (QED) is 0.536. The van der Waals surface area contributed by atoms with E-state index in [1.54, 1.807) is 48.8 Å². The van der Waals surface area contributed by atoms with Crippen LogP contribution in [0.1, 0.15) is 32.4 Å². The van der Waals surface area contributed by atoms with E-state index in [0.29, 0.717) is 22.8 Å². The molecule has 0 aliphatic carbocycles. The molecule has 0 bridgehead atoms. The number of carbonyl (C=O) groups is 2. The zero-order valence-corrected chi connectivity index (χ0v) is 13.9. The molecule has 0 aliphatic rings. The van der Waals surface area contributed by atoms with Crippen LogP contribution in [0.3, 0.4) is 0 Å². The Morgan fingerprint density at radius 3 is 1.96 bits per heavy atom. The fraction of sp³-hybridized carbons (Fsp3) is 0.118. The predicted octanol–water partition coefficient (Wildman–Crippen LogP) is 2.17. The number of H-pyrrole nitrogens is 1. The summed E-state index contributed by atoms with van der Waals surface area (Å²) in [5, 5.41) is 6.64. The first kappa shape index (κ1) is 16.7. The molecule has 8 heteroatoms. The van der Waals surface area contributed by atoms with Crippen molar-refractivity contribution in [3.05, 3.63) is 76.3 Å². The van der Waals surface area contributed by atoms with Crippen molar-refractivity contribution >= 4 is 23.8 Å². The lowest BCUT2D eigenvalue weighted by atomic mass is 10.1. The number of aromatic nitrogens is 5. The standard InChI is InChI=1S/C17H13N5O2S/c23-15(11-5-1-3-7-18-11)9-13-14(21-22-17(25)20-13)10-16(24)12-6-2-4-8-19-12/h1-8H,9-10H2,(H,20,22,25). The van der Waals surface area contributed by atoms with Gasteiger partial charge < -0.3 is 0 Å². The number of aromatic amines is 1. The molecule has 3 aromatic rings. The van der Waals surface area contributed by atoms with E-state index in [9.17, 15) is 9.59 Å². The average molecular weight is 351 g/mol. The van der Waals surface area contributed by atoms with Crippen LogP contribution in [0, 0.1) is 4.77 Å². The van der Waals surface area contributed by atoms with Gasteiger partial charge in [-0.1, -0.05) is 12.1 Å². The molecule has 1 N–H and O–H groups in total. The van der Waals surface area contributed by atoms with Crippen molar-refractivity contribution in [1.29, 1.82) is 0 Å². The van der Waals surface area contributed by atoms with Crippen molar-refractivity contribution in [2.45, 2.75) is 12.8 Å². The summed E-state index contributed by atoms with van der Waals surface area (Å²) in [6, 6.07) is 10.2. The fourth-order valence-electron chi connectivity index (χ4n) is 2.22. The summed E-state index contributed by atoms with van der Waals surface area (Å²) in [7, 11) is 0. The summed E-state index contributed by atoms with van der Waals surface area (Å²) in [5.41, 5.74) is 1.39. The second-order valence-electron chi connectivity index (χ2n) is 5.16. The maximum atomic E-state index is 12.4. The Balaban J connectivity index is 1.85. The van der Waals surface area contributed by atoms with E-state index >= 15 is 0 Å². The van der Waals surface area contributed by atoms with E-state index < -0.39 is 0 Å². The minimum atomic E-state index is -0.220. The SMILES string of the molecule is O=C(Cc1n[nH]c(=S)nc1CC(=O)c1ccccn1)c1ccccn1. The van der Waals surface area contributed by atoms with Crippen molar-refractivity contribution in [3.8, 4) is 0 Å². The van der Waals surface area contributed by atoms with Crippen LogP contribution in [0.2, 0.25) is 0 Å². The summed E-state index contributed by atoms with van der Waals surface area (Å²) in [4.78, 5) is 36.9. The summed E-state index contributed by atoms with van der Waals surface area (Å²) < 4.78 is 0.151. The smallest absolute Gasteiger partial charge is 0.213 e. The minimum absolute atomic E-state index is 0.0268. The van der Waals surface area contributed by atoms with E-state index in [4.69, 9.17) is 12.2 Å². The number of hydrogen-bond acceptors (Lipinski definition) is 7. The Labute approximate surface area is 148 Å². The minimum Gasteiger partial charge on any atom is -0.292 e. The lowest BCUT2D eigenvalue weighted by Gasteiger charge is -2.06. The van der Waals surface area contributed by atoms with Crippen LogP contribution in [0.15, 0.2) is 48.8 Å². The third-order valence-electron chi connectivity index (χ3n) is 3.41. The molecule has 25 heavy (non-hydrogen) atoms. The van der Waals surface area contributed by atoms with E-state index in [1.165, 1.54) is 0 Å². The lowest BCUT2D eigenvalue weighted by Crippen LogP contribution is -2.15. The van der Waals surface area contributed by atoms with Gasteiger partial charge in [-0.15, -0.1) is 0 Å². The summed E-state index contributed by atoms with van der Waals surface area (Å²) in [6.45, 7) is 0. The average Bonchev–Trinajstić information content (AvgIpc) is 2.65. The van der Waals surface area contributed by atoms with E-state index in [2.05, 4.69) is 25.1 Å². The maximum Gasteiger partial charge on any atom is 0.213 e. The van der Waals surface area contributed by atoms with Gasteiger partial charge in [0.25, 0.3) is 0 Å². The van der Waals surface area contributed by atoms with Crippen LogP contribution in [-0.2, 0) is 12.8 Å². The highest BCUT2D eigenvalue weighted by molar-refractivity contribution is 7.71. The van der Waals surface area contributed by atoms with Crippen LogP contribution in [0.25, 0.3) is 0 Å². The molecule has 124 valence electrons. The van der Waals surface area contributed by atoms with Crippen molar-refractivity contribution in [3.63, 3.8) is 0 Å². The Kier molecular flexibility index (Phi) is 5.10. The van der Waals surface area contributed by atoms with E-state index in [0.717, 1.165) is 0 Å². The predicted molar refractivity (Wildman–Crippen MR) is 91.8 cm³/mol. The summed E-state index contributed by atoms with van der Waals surface area (Å²) >= 11 is 4.98. The van der Waals surface area contributed by atoms with Crippen LogP contribution in [-0.4, -0.2) is 36.7 Å². The van der Waals surface area contributed by atoms with Crippen LogP contribution >= 0.6 is 12.2 Å². The highest BCUT2D eigenvalue weighted by atomic mass is 32.1. The fourth-order valence-corrected chi connectivity index (χ4v) is 2.37. The van der Waals surface area contributed by atoms with Gasteiger partial charge in [-0.3, -0.25) is 24.7 Å². The number of nitrogens with one attached hydrogen (secondary N) is 1. The van der Waals surface area contributed by atoms with Crippen molar-refractivity contribution in [2.24, 2.45) is 0 Å². The number of carbonyl (C=O) groups excluding carboxylic acids is 2. The first-order chi connectivity index (χ1) is 12.1. The third-order valence-corrected chi connectivity index (χ3v) is 3.60. The summed E-state index contributed by atoms with van der Waals surface area (Å²) in [5.74, 6) is -0.436. The first-order valence-electron chi connectivity index (χ1n) is 7.46. The number of hydrogen-bond donors (Lipinski definition) is 1. The lowest BCUT2D eigenvalue weighted by molar-refractivity contribution is 0.0971. The molecule has 0 radical (unpaired) electrons. The van der Waals surface area contributed by atoms with Gasteiger partial charge in [0, 0.05) is 12.4 Å². The molecule has 0 fully saturated rings. The molecule has 0 aromatic carbocycles.